The average molecular weight is 274 g/mol. The predicted molar refractivity (Wildman–Crippen MR) is 77.8 cm³/mol. The molecule has 2 aromatic rings. The predicted octanol–water partition coefficient (Wildman–Crippen LogP) is 4.18. The lowest BCUT2D eigenvalue weighted by Gasteiger charge is -2.29. The zero-order chi connectivity index (χ0) is 13.4. The van der Waals surface area contributed by atoms with Gasteiger partial charge in [-0.2, -0.15) is 0 Å². The number of benzene rings is 1. The second kappa shape index (κ2) is 4.99. The van der Waals surface area contributed by atoms with E-state index in [1.165, 1.54) is 9.75 Å². The van der Waals surface area contributed by atoms with Gasteiger partial charge in [0.1, 0.15) is 11.9 Å². The lowest BCUT2D eigenvalue weighted by atomic mass is 9.97. The van der Waals surface area contributed by atoms with Gasteiger partial charge < -0.3 is 9.84 Å². The highest BCUT2D eigenvalue weighted by Crippen LogP contribution is 2.42. The number of thiophene rings is 1. The highest BCUT2D eigenvalue weighted by Gasteiger charge is 2.28. The van der Waals surface area contributed by atoms with Crippen molar-refractivity contribution in [2.75, 3.05) is 0 Å². The summed E-state index contributed by atoms with van der Waals surface area (Å²) in [6.07, 6.45) is 1.24. The van der Waals surface area contributed by atoms with E-state index in [4.69, 9.17) is 4.74 Å². The van der Waals surface area contributed by atoms with E-state index in [9.17, 15) is 5.11 Å². The molecule has 0 saturated carbocycles. The van der Waals surface area contributed by atoms with Gasteiger partial charge in [0.2, 0.25) is 0 Å². The third kappa shape index (κ3) is 2.40. The normalized spacial score (nSPS) is 21.8. The summed E-state index contributed by atoms with van der Waals surface area (Å²) in [5.74, 6) is 0.820. The molecule has 2 nitrogen and oxygen atoms in total. The fourth-order valence-corrected chi connectivity index (χ4v) is 3.49. The number of aliphatic hydroxyl groups excluding tert-OH is 1. The van der Waals surface area contributed by atoms with Crippen molar-refractivity contribution in [1.29, 1.82) is 0 Å². The quantitative estimate of drug-likeness (QED) is 0.890. The molecule has 1 aromatic carbocycles. The molecule has 0 spiro atoms. The van der Waals surface area contributed by atoms with Gasteiger partial charge >= 0.3 is 0 Å². The number of ether oxygens (including phenoxy) is 1. The molecule has 0 bridgehead atoms. The van der Waals surface area contributed by atoms with Crippen LogP contribution in [0.4, 0.5) is 0 Å². The first kappa shape index (κ1) is 12.7. The van der Waals surface area contributed by atoms with Gasteiger partial charge in [-0.1, -0.05) is 18.6 Å². The summed E-state index contributed by atoms with van der Waals surface area (Å²) in [5, 5.41) is 10.3. The first-order chi connectivity index (χ1) is 9.17. The summed E-state index contributed by atoms with van der Waals surface area (Å²) < 4.78 is 6.05. The second-order valence-corrected chi connectivity index (χ2v) is 6.26. The molecule has 0 amide bonds. The van der Waals surface area contributed by atoms with Gasteiger partial charge in [-0.3, -0.25) is 0 Å². The lowest BCUT2D eigenvalue weighted by Crippen LogP contribution is -2.18. The molecule has 2 unspecified atom stereocenters. The molecule has 1 aromatic heterocycles. The van der Waals surface area contributed by atoms with Gasteiger partial charge in [0.05, 0.1) is 6.10 Å². The van der Waals surface area contributed by atoms with E-state index < -0.39 is 6.10 Å². The molecule has 0 radical (unpaired) electrons. The van der Waals surface area contributed by atoms with E-state index in [2.05, 4.69) is 19.1 Å². The van der Waals surface area contributed by atoms with E-state index in [0.29, 0.717) is 6.42 Å². The minimum atomic E-state index is -0.430. The summed E-state index contributed by atoms with van der Waals surface area (Å²) in [7, 11) is 0. The monoisotopic (exact) mass is 274 g/mol. The number of hydrogen-bond acceptors (Lipinski definition) is 3. The molecule has 3 rings (SSSR count). The van der Waals surface area contributed by atoms with Gasteiger partial charge in [0.25, 0.3) is 0 Å². The maximum Gasteiger partial charge on any atom is 0.136 e. The first-order valence-electron chi connectivity index (χ1n) is 6.71. The van der Waals surface area contributed by atoms with Crippen LogP contribution in [0.5, 0.6) is 5.75 Å². The van der Waals surface area contributed by atoms with Crippen LogP contribution >= 0.6 is 11.3 Å². The van der Waals surface area contributed by atoms with Crippen LogP contribution in [-0.4, -0.2) is 5.11 Å². The third-order valence-corrected chi connectivity index (χ3v) is 4.90. The van der Waals surface area contributed by atoms with Crippen molar-refractivity contribution >= 4 is 11.3 Å². The second-order valence-electron chi connectivity index (χ2n) is 5.06. The molecule has 1 aliphatic heterocycles. The Morgan fingerprint density at radius 1 is 1.32 bits per heavy atom. The van der Waals surface area contributed by atoms with E-state index >= 15 is 0 Å². The van der Waals surface area contributed by atoms with Crippen molar-refractivity contribution in [3.05, 3.63) is 51.2 Å². The van der Waals surface area contributed by atoms with Gasteiger partial charge in [-0.05, 0) is 37.6 Å². The zero-order valence-electron chi connectivity index (χ0n) is 11.2. The Labute approximate surface area is 117 Å². The van der Waals surface area contributed by atoms with Crippen LogP contribution in [0, 0.1) is 6.92 Å². The van der Waals surface area contributed by atoms with E-state index in [0.717, 1.165) is 23.3 Å². The van der Waals surface area contributed by atoms with Gasteiger partial charge in [0.15, 0.2) is 0 Å². The van der Waals surface area contributed by atoms with Crippen LogP contribution in [0.2, 0.25) is 0 Å². The molecule has 1 N–H and O–H groups in total. The van der Waals surface area contributed by atoms with Crippen molar-refractivity contribution < 1.29 is 9.84 Å². The highest BCUT2D eigenvalue weighted by molar-refractivity contribution is 7.12. The molecular weight excluding hydrogens is 256 g/mol. The van der Waals surface area contributed by atoms with Crippen molar-refractivity contribution in [3.8, 4) is 5.75 Å². The van der Waals surface area contributed by atoms with Crippen molar-refractivity contribution in [2.45, 2.75) is 38.9 Å². The van der Waals surface area contributed by atoms with Crippen LogP contribution in [0.3, 0.4) is 0 Å². The molecule has 0 aliphatic carbocycles. The molecule has 2 heterocycles. The highest BCUT2D eigenvalue weighted by atomic mass is 32.1. The maximum absolute atomic E-state index is 10.3. The van der Waals surface area contributed by atoms with Crippen LogP contribution < -0.4 is 4.74 Å². The topological polar surface area (TPSA) is 29.5 Å². The zero-order valence-corrected chi connectivity index (χ0v) is 12.0. The Bertz CT molecular complexity index is 588. The molecule has 100 valence electrons. The fraction of sp³-hybridized carbons (Fsp3) is 0.375. The summed E-state index contributed by atoms with van der Waals surface area (Å²) in [6, 6.07) is 10.3. The van der Waals surface area contributed by atoms with E-state index in [1.54, 1.807) is 11.3 Å². The number of aryl methyl sites for hydroxylation is 2. The molecule has 2 atom stereocenters. The number of hydrogen-bond donors (Lipinski definition) is 1. The fourth-order valence-electron chi connectivity index (χ4n) is 2.50. The SMILES string of the molecule is CCc1ccc(C2CC(O)c3cc(C)ccc3O2)s1. The molecule has 19 heavy (non-hydrogen) atoms. The Hall–Kier alpha value is -1.32. The van der Waals surface area contributed by atoms with E-state index in [-0.39, 0.29) is 6.10 Å². The van der Waals surface area contributed by atoms with Crippen molar-refractivity contribution in [2.24, 2.45) is 0 Å². The van der Waals surface area contributed by atoms with Gasteiger partial charge in [0, 0.05) is 21.7 Å². The summed E-state index contributed by atoms with van der Waals surface area (Å²) in [5.41, 5.74) is 2.08. The Morgan fingerprint density at radius 3 is 2.89 bits per heavy atom. The average Bonchev–Trinajstić information content (AvgIpc) is 2.88. The van der Waals surface area contributed by atoms with Gasteiger partial charge in [-0.25, -0.2) is 0 Å². The molecule has 1 aliphatic rings. The molecule has 0 saturated heterocycles. The lowest BCUT2D eigenvalue weighted by molar-refractivity contribution is 0.0674. The summed E-state index contributed by atoms with van der Waals surface area (Å²) >= 11 is 1.78. The summed E-state index contributed by atoms with van der Waals surface area (Å²) in [6.45, 7) is 4.19. The standard InChI is InChI=1S/C16H18O2S/c1-3-11-5-7-16(19-11)15-9-13(17)12-8-10(2)4-6-14(12)18-15/h4-8,13,15,17H,3,9H2,1-2H3. The Morgan fingerprint density at radius 2 is 2.16 bits per heavy atom. The van der Waals surface area contributed by atoms with Crippen LogP contribution in [0.1, 0.15) is 46.4 Å². The number of rotatable bonds is 2. The third-order valence-electron chi connectivity index (χ3n) is 3.58. The Balaban J connectivity index is 1.90. The Kier molecular flexibility index (Phi) is 3.33. The van der Waals surface area contributed by atoms with Crippen LogP contribution in [0.15, 0.2) is 30.3 Å². The molecular formula is C16H18O2S. The maximum atomic E-state index is 10.3. The minimum absolute atomic E-state index is 0.0180. The number of aliphatic hydroxyl groups is 1. The molecule has 3 heteroatoms. The summed E-state index contributed by atoms with van der Waals surface area (Å²) in [4.78, 5) is 2.57. The number of fused-ring (bicyclic) bond motifs is 1. The van der Waals surface area contributed by atoms with E-state index in [1.807, 2.05) is 25.1 Å². The molecule has 0 fully saturated rings. The van der Waals surface area contributed by atoms with Gasteiger partial charge in [-0.15, -0.1) is 11.3 Å². The van der Waals surface area contributed by atoms with Crippen LogP contribution in [-0.2, 0) is 6.42 Å². The first-order valence-corrected chi connectivity index (χ1v) is 7.53. The largest absolute Gasteiger partial charge is 0.484 e. The van der Waals surface area contributed by atoms with Crippen LogP contribution in [0.25, 0.3) is 0 Å². The van der Waals surface area contributed by atoms with Crippen molar-refractivity contribution in [1.82, 2.24) is 0 Å². The minimum Gasteiger partial charge on any atom is -0.484 e. The smallest absolute Gasteiger partial charge is 0.136 e. The van der Waals surface area contributed by atoms with Crippen molar-refractivity contribution in [3.63, 3.8) is 0 Å².